The second kappa shape index (κ2) is 9.30. The molecular weight excluding hydrogens is 230 g/mol. The minimum atomic E-state index is -0.615. The molecule has 0 saturated carbocycles. The van der Waals surface area contributed by atoms with Crippen LogP contribution in [0.25, 0.3) is 0 Å². The summed E-state index contributed by atoms with van der Waals surface area (Å²) in [6.45, 7) is 10.3. The van der Waals surface area contributed by atoms with Crippen molar-refractivity contribution < 1.29 is 9.53 Å². The predicted molar refractivity (Wildman–Crippen MR) is 74.5 cm³/mol. The molecule has 0 aliphatic carbocycles. The molecule has 0 bridgehead atoms. The van der Waals surface area contributed by atoms with Crippen LogP contribution in [0.5, 0.6) is 0 Å². The van der Waals surface area contributed by atoms with Crippen LogP contribution in [-0.2, 0) is 9.53 Å². The molecule has 1 atom stereocenters. The zero-order valence-electron chi connectivity index (χ0n) is 12.3. The molecule has 1 unspecified atom stereocenters. The van der Waals surface area contributed by atoms with Gasteiger partial charge in [0.05, 0.1) is 12.1 Å². The number of amides is 1. The van der Waals surface area contributed by atoms with E-state index in [0.717, 1.165) is 39.0 Å². The summed E-state index contributed by atoms with van der Waals surface area (Å²) < 4.78 is 5.07. The fourth-order valence-electron chi connectivity index (χ4n) is 1.73. The van der Waals surface area contributed by atoms with Crippen LogP contribution in [0.2, 0.25) is 0 Å². The number of nitrogens with one attached hydrogen (secondary N) is 1. The van der Waals surface area contributed by atoms with Gasteiger partial charge in [-0.05, 0) is 32.9 Å². The molecule has 0 aromatic carbocycles. The van der Waals surface area contributed by atoms with Crippen LogP contribution in [0.15, 0.2) is 0 Å². The van der Waals surface area contributed by atoms with Crippen LogP contribution in [0.3, 0.4) is 0 Å². The average Bonchev–Trinajstić information content (AvgIpc) is 2.36. The van der Waals surface area contributed by atoms with E-state index in [4.69, 9.17) is 10.5 Å². The van der Waals surface area contributed by atoms with E-state index in [9.17, 15) is 4.79 Å². The lowest BCUT2D eigenvalue weighted by atomic mass is 9.96. The maximum Gasteiger partial charge on any atom is 0.237 e. The number of nitrogens with zero attached hydrogens (tertiary/aromatic N) is 1. The zero-order valence-corrected chi connectivity index (χ0v) is 12.3. The first kappa shape index (κ1) is 17.4. The molecule has 0 aromatic heterocycles. The number of hydrogen-bond acceptors (Lipinski definition) is 4. The molecule has 1 amide bonds. The van der Waals surface area contributed by atoms with Crippen molar-refractivity contribution in [3.05, 3.63) is 0 Å². The first-order valence-corrected chi connectivity index (χ1v) is 6.76. The number of primary amides is 1. The topological polar surface area (TPSA) is 67.6 Å². The van der Waals surface area contributed by atoms with Gasteiger partial charge in [0.15, 0.2) is 0 Å². The molecule has 0 radical (unpaired) electrons. The third kappa shape index (κ3) is 6.33. The molecule has 0 spiro atoms. The van der Waals surface area contributed by atoms with Crippen LogP contribution in [0, 0.1) is 0 Å². The Morgan fingerprint density at radius 2 is 2.06 bits per heavy atom. The summed E-state index contributed by atoms with van der Waals surface area (Å²) in [7, 11) is 1.70. The lowest BCUT2D eigenvalue weighted by molar-refractivity contribution is -0.124. The number of rotatable bonds is 11. The van der Waals surface area contributed by atoms with E-state index in [0.29, 0.717) is 6.61 Å². The summed E-state index contributed by atoms with van der Waals surface area (Å²) in [5, 5.41) is 3.25. The maximum atomic E-state index is 11.6. The van der Waals surface area contributed by atoms with Crippen molar-refractivity contribution in [2.45, 2.75) is 39.2 Å². The first-order chi connectivity index (χ1) is 8.50. The molecule has 0 aliphatic heterocycles. The number of ether oxygens (including phenoxy) is 1. The van der Waals surface area contributed by atoms with Gasteiger partial charge >= 0.3 is 0 Å². The molecule has 3 N–H and O–H groups in total. The normalized spacial score (nSPS) is 14.7. The minimum absolute atomic E-state index is 0.279. The maximum absolute atomic E-state index is 11.6. The Morgan fingerprint density at radius 1 is 1.39 bits per heavy atom. The van der Waals surface area contributed by atoms with Gasteiger partial charge in [0.25, 0.3) is 0 Å². The molecule has 0 fully saturated rings. The molecule has 0 aliphatic rings. The smallest absolute Gasteiger partial charge is 0.237 e. The molecule has 5 nitrogen and oxygen atoms in total. The van der Waals surface area contributed by atoms with Gasteiger partial charge in [-0.2, -0.15) is 0 Å². The SMILES string of the molecule is CCCNC(C)(CCN(CC)CCOC)C(N)=O. The van der Waals surface area contributed by atoms with Gasteiger partial charge in [-0.3, -0.25) is 4.79 Å². The van der Waals surface area contributed by atoms with E-state index >= 15 is 0 Å². The van der Waals surface area contributed by atoms with Crippen molar-refractivity contribution in [1.29, 1.82) is 0 Å². The standard InChI is InChI=1S/C13H29N3O2/c1-5-8-15-13(3,12(14)17)7-9-16(6-2)10-11-18-4/h15H,5-11H2,1-4H3,(H2,14,17). The largest absolute Gasteiger partial charge is 0.383 e. The zero-order chi connectivity index (χ0) is 14.0. The average molecular weight is 259 g/mol. The van der Waals surface area contributed by atoms with Crippen molar-refractivity contribution in [2.24, 2.45) is 5.73 Å². The second-order valence-corrected chi connectivity index (χ2v) is 4.80. The van der Waals surface area contributed by atoms with E-state index in [1.165, 1.54) is 0 Å². The van der Waals surface area contributed by atoms with E-state index < -0.39 is 5.54 Å². The molecule has 0 saturated heterocycles. The third-order valence-corrected chi connectivity index (χ3v) is 3.30. The van der Waals surface area contributed by atoms with Gasteiger partial charge in [0.1, 0.15) is 0 Å². The van der Waals surface area contributed by atoms with Crippen LogP contribution >= 0.6 is 0 Å². The highest BCUT2D eigenvalue weighted by atomic mass is 16.5. The fourth-order valence-corrected chi connectivity index (χ4v) is 1.73. The summed E-state index contributed by atoms with van der Waals surface area (Å²) in [5.41, 5.74) is 4.88. The highest BCUT2D eigenvalue weighted by Gasteiger charge is 2.30. The van der Waals surface area contributed by atoms with Gasteiger partial charge in [0.2, 0.25) is 5.91 Å². The van der Waals surface area contributed by atoms with Gasteiger partial charge in [-0.1, -0.05) is 13.8 Å². The third-order valence-electron chi connectivity index (χ3n) is 3.30. The van der Waals surface area contributed by atoms with E-state index in [-0.39, 0.29) is 5.91 Å². The Hall–Kier alpha value is -0.650. The summed E-state index contributed by atoms with van der Waals surface area (Å²) in [6.07, 6.45) is 1.71. The second-order valence-electron chi connectivity index (χ2n) is 4.80. The van der Waals surface area contributed by atoms with Crippen LogP contribution in [-0.4, -0.2) is 56.2 Å². The van der Waals surface area contributed by atoms with Crippen molar-refractivity contribution in [2.75, 3.05) is 39.9 Å². The van der Waals surface area contributed by atoms with Gasteiger partial charge in [-0.25, -0.2) is 0 Å². The highest BCUT2D eigenvalue weighted by Crippen LogP contribution is 2.10. The van der Waals surface area contributed by atoms with Gasteiger partial charge < -0.3 is 20.7 Å². The molecule has 0 aromatic rings. The monoisotopic (exact) mass is 259 g/mol. The Balaban J connectivity index is 4.27. The van der Waals surface area contributed by atoms with Crippen molar-refractivity contribution in [3.63, 3.8) is 0 Å². The van der Waals surface area contributed by atoms with E-state index in [2.05, 4.69) is 24.1 Å². The number of likely N-dealkylation sites (N-methyl/N-ethyl adjacent to an activating group) is 1. The summed E-state index contributed by atoms with van der Waals surface area (Å²) in [4.78, 5) is 13.8. The molecule has 0 heterocycles. The first-order valence-electron chi connectivity index (χ1n) is 6.76. The molecule has 5 heteroatoms. The quantitative estimate of drug-likeness (QED) is 0.570. The number of nitrogens with two attached hydrogens (primary N) is 1. The summed E-state index contributed by atoms with van der Waals surface area (Å²) >= 11 is 0. The predicted octanol–water partition coefficient (Wildman–Crippen LogP) is 0.588. The fraction of sp³-hybridized carbons (Fsp3) is 0.923. The number of carbonyl (C=O) groups is 1. The molecule has 108 valence electrons. The van der Waals surface area contributed by atoms with Gasteiger partial charge in [0, 0.05) is 20.2 Å². The summed E-state index contributed by atoms with van der Waals surface area (Å²) in [6, 6.07) is 0. The number of hydrogen-bond donors (Lipinski definition) is 2. The van der Waals surface area contributed by atoms with Crippen molar-refractivity contribution in [1.82, 2.24) is 10.2 Å². The Labute approximate surface area is 111 Å². The lowest BCUT2D eigenvalue weighted by Gasteiger charge is -2.30. The number of methoxy groups -OCH3 is 1. The van der Waals surface area contributed by atoms with Crippen LogP contribution in [0.4, 0.5) is 0 Å². The van der Waals surface area contributed by atoms with E-state index in [1.807, 2.05) is 6.92 Å². The molecular formula is C13H29N3O2. The van der Waals surface area contributed by atoms with Crippen LogP contribution in [0.1, 0.15) is 33.6 Å². The Kier molecular flexibility index (Phi) is 8.97. The molecule has 0 rings (SSSR count). The Morgan fingerprint density at radius 3 is 2.50 bits per heavy atom. The van der Waals surface area contributed by atoms with E-state index in [1.54, 1.807) is 7.11 Å². The van der Waals surface area contributed by atoms with Gasteiger partial charge in [-0.15, -0.1) is 0 Å². The lowest BCUT2D eigenvalue weighted by Crippen LogP contribution is -2.54. The van der Waals surface area contributed by atoms with Crippen LogP contribution < -0.4 is 11.1 Å². The minimum Gasteiger partial charge on any atom is -0.383 e. The highest BCUT2D eigenvalue weighted by molar-refractivity contribution is 5.84. The van der Waals surface area contributed by atoms with Crippen molar-refractivity contribution in [3.8, 4) is 0 Å². The molecule has 18 heavy (non-hydrogen) atoms. The summed E-state index contributed by atoms with van der Waals surface area (Å²) in [5.74, 6) is -0.279. The number of carbonyl (C=O) groups excluding carboxylic acids is 1. The Bertz CT molecular complexity index is 236. The van der Waals surface area contributed by atoms with Crippen molar-refractivity contribution >= 4 is 5.91 Å².